The molecule has 0 aliphatic carbocycles. The molecule has 0 aliphatic heterocycles. The Morgan fingerprint density at radius 3 is 1.95 bits per heavy atom. The van der Waals surface area contributed by atoms with Crippen molar-refractivity contribution in [1.82, 2.24) is 14.1 Å². The molecule has 4 rings (SSSR count). The summed E-state index contributed by atoms with van der Waals surface area (Å²) in [4.78, 5) is 4.48. The molecule has 0 spiro atoms. The average Bonchev–Trinajstić information content (AvgIpc) is 3.00. The number of benzene rings is 2. The summed E-state index contributed by atoms with van der Waals surface area (Å²) in [6.07, 6.45) is 3.80. The maximum absolute atomic E-state index is 4.48. The molecule has 0 atom stereocenters. The summed E-state index contributed by atoms with van der Waals surface area (Å²) in [6, 6.07) is 16.9. The van der Waals surface area contributed by atoms with Crippen molar-refractivity contribution in [3.05, 3.63) is 60.9 Å². The van der Waals surface area contributed by atoms with E-state index < -0.39 is 0 Å². The number of fused-ring (bicyclic) bond motifs is 3. The molecule has 0 radical (unpaired) electrons. The number of hydrogen-bond donors (Lipinski definition) is 0. The Bertz CT molecular complexity index is 830. The smallest absolute Gasteiger partial charge is 0.214 e. The molecule has 0 N–H and O–H groups in total. The van der Waals surface area contributed by atoms with Crippen LogP contribution in [-0.2, 0) is 7.05 Å². The van der Waals surface area contributed by atoms with E-state index in [1.165, 1.54) is 21.8 Å². The standard InChI is InChI=1S/C16H13N3/c1-18-11-10-17-16(18)19-14-8-4-2-6-12(14)13-7-3-5-9-15(13)19/h2-11H,1H3. The molecule has 2 heterocycles. The molecule has 3 nitrogen and oxygen atoms in total. The van der Waals surface area contributed by atoms with E-state index in [0.29, 0.717) is 0 Å². The topological polar surface area (TPSA) is 22.8 Å². The van der Waals surface area contributed by atoms with Gasteiger partial charge in [0.1, 0.15) is 0 Å². The van der Waals surface area contributed by atoms with E-state index in [2.05, 4.69) is 58.1 Å². The van der Waals surface area contributed by atoms with Crippen LogP contribution in [0.5, 0.6) is 0 Å². The Morgan fingerprint density at radius 1 is 0.842 bits per heavy atom. The Labute approximate surface area is 110 Å². The van der Waals surface area contributed by atoms with Crippen molar-refractivity contribution in [3.8, 4) is 5.95 Å². The zero-order valence-corrected chi connectivity index (χ0v) is 10.6. The van der Waals surface area contributed by atoms with Gasteiger partial charge in [-0.05, 0) is 12.1 Å². The lowest BCUT2D eigenvalue weighted by Crippen LogP contribution is -2.02. The van der Waals surface area contributed by atoms with Gasteiger partial charge in [0, 0.05) is 30.2 Å². The monoisotopic (exact) mass is 247 g/mol. The van der Waals surface area contributed by atoms with Crippen molar-refractivity contribution in [1.29, 1.82) is 0 Å². The first-order valence-electron chi connectivity index (χ1n) is 6.32. The predicted molar refractivity (Wildman–Crippen MR) is 77.5 cm³/mol. The van der Waals surface area contributed by atoms with Crippen molar-refractivity contribution in [3.63, 3.8) is 0 Å². The Hall–Kier alpha value is -2.55. The van der Waals surface area contributed by atoms with Gasteiger partial charge in [-0.2, -0.15) is 0 Å². The van der Waals surface area contributed by atoms with Crippen LogP contribution in [0.4, 0.5) is 0 Å². The number of imidazole rings is 1. The minimum Gasteiger partial charge on any atom is -0.320 e. The summed E-state index contributed by atoms with van der Waals surface area (Å²) in [6.45, 7) is 0. The van der Waals surface area contributed by atoms with Gasteiger partial charge in [0.05, 0.1) is 11.0 Å². The van der Waals surface area contributed by atoms with Crippen LogP contribution >= 0.6 is 0 Å². The SMILES string of the molecule is Cn1ccnc1-n1c2ccccc2c2ccccc21. The molecule has 0 fully saturated rings. The molecular weight excluding hydrogens is 234 g/mol. The lowest BCUT2D eigenvalue weighted by molar-refractivity contribution is 0.846. The third-order valence-electron chi connectivity index (χ3n) is 3.58. The number of aryl methyl sites for hydroxylation is 1. The third kappa shape index (κ3) is 1.35. The van der Waals surface area contributed by atoms with Gasteiger partial charge in [0.15, 0.2) is 0 Å². The number of rotatable bonds is 1. The van der Waals surface area contributed by atoms with Crippen molar-refractivity contribution < 1.29 is 0 Å². The molecular formula is C16H13N3. The van der Waals surface area contributed by atoms with E-state index >= 15 is 0 Å². The van der Waals surface area contributed by atoms with Crippen LogP contribution in [0.2, 0.25) is 0 Å². The minimum atomic E-state index is 0.942. The maximum Gasteiger partial charge on any atom is 0.214 e. The first-order chi connectivity index (χ1) is 9.36. The van der Waals surface area contributed by atoms with Gasteiger partial charge in [-0.3, -0.25) is 4.57 Å². The average molecular weight is 247 g/mol. The number of nitrogens with zero attached hydrogens (tertiary/aromatic N) is 3. The highest BCUT2D eigenvalue weighted by atomic mass is 15.2. The normalized spacial score (nSPS) is 11.4. The third-order valence-corrected chi connectivity index (χ3v) is 3.58. The van der Waals surface area contributed by atoms with Gasteiger partial charge >= 0.3 is 0 Å². The Kier molecular flexibility index (Phi) is 2.03. The van der Waals surface area contributed by atoms with Crippen molar-refractivity contribution in [2.75, 3.05) is 0 Å². The molecule has 92 valence electrons. The highest BCUT2D eigenvalue weighted by Gasteiger charge is 2.13. The fraction of sp³-hybridized carbons (Fsp3) is 0.0625. The molecule has 0 amide bonds. The van der Waals surface area contributed by atoms with Crippen molar-refractivity contribution in [2.24, 2.45) is 7.05 Å². The van der Waals surface area contributed by atoms with Crippen LogP contribution in [0.1, 0.15) is 0 Å². The second-order valence-electron chi connectivity index (χ2n) is 4.71. The highest BCUT2D eigenvalue weighted by Crippen LogP contribution is 2.30. The molecule has 19 heavy (non-hydrogen) atoms. The van der Waals surface area contributed by atoms with Crippen molar-refractivity contribution in [2.45, 2.75) is 0 Å². The van der Waals surface area contributed by atoms with Crippen LogP contribution in [0.3, 0.4) is 0 Å². The van der Waals surface area contributed by atoms with Gasteiger partial charge < -0.3 is 4.57 Å². The van der Waals surface area contributed by atoms with Gasteiger partial charge in [-0.25, -0.2) is 4.98 Å². The Balaban J connectivity index is 2.27. The van der Waals surface area contributed by atoms with E-state index in [1.807, 2.05) is 24.0 Å². The second-order valence-corrected chi connectivity index (χ2v) is 4.71. The zero-order chi connectivity index (χ0) is 12.8. The number of hydrogen-bond acceptors (Lipinski definition) is 1. The second kappa shape index (κ2) is 3.72. The first kappa shape index (κ1) is 10.4. The number of aromatic nitrogens is 3. The largest absolute Gasteiger partial charge is 0.320 e. The quantitative estimate of drug-likeness (QED) is 0.504. The van der Waals surface area contributed by atoms with E-state index in [-0.39, 0.29) is 0 Å². The molecule has 0 saturated carbocycles. The lowest BCUT2D eigenvalue weighted by Gasteiger charge is -2.06. The van der Waals surface area contributed by atoms with Crippen LogP contribution in [0.25, 0.3) is 27.8 Å². The molecule has 0 unspecified atom stereocenters. The van der Waals surface area contributed by atoms with Gasteiger partial charge in [0.25, 0.3) is 0 Å². The summed E-state index contributed by atoms with van der Waals surface area (Å²) in [5.41, 5.74) is 2.39. The van der Waals surface area contributed by atoms with Crippen molar-refractivity contribution >= 4 is 21.8 Å². The summed E-state index contributed by atoms with van der Waals surface area (Å²) in [5.74, 6) is 0.942. The molecule has 0 aliphatic rings. The molecule has 0 bridgehead atoms. The molecule has 0 saturated heterocycles. The van der Waals surface area contributed by atoms with Gasteiger partial charge in [-0.15, -0.1) is 0 Å². The van der Waals surface area contributed by atoms with E-state index in [9.17, 15) is 0 Å². The van der Waals surface area contributed by atoms with Crippen LogP contribution in [0, 0.1) is 0 Å². The molecule has 2 aromatic heterocycles. The zero-order valence-electron chi connectivity index (χ0n) is 10.6. The summed E-state index contributed by atoms with van der Waals surface area (Å²) >= 11 is 0. The summed E-state index contributed by atoms with van der Waals surface area (Å²) in [5, 5.41) is 2.53. The fourth-order valence-electron chi connectivity index (χ4n) is 2.71. The van der Waals surface area contributed by atoms with Gasteiger partial charge in [0.2, 0.25) is 5.95 Å². The molecule has 2 aromatic carbocycles. The Morgan fingerprint density at radius 2 is 1.42 bits per heavy atom. The van der Waals surface area contributed by atoms with Crippen LogP contribution in [-0.4, -0.2) is 14.1 Å². The first-order valence-corrected chi connectivity index (χ1v) is 6.32. The van der Waals surface area contributed by atoms with E-state index in [4.69, 9.17) is 0 Å². The van der Waals surface area contributed by atoms with Crippen LogP contribution in [0.15, 0.2) is 60.9 Å². The minimum absolute atomic E-state index is 0.942. The van der Waals surface area contributed by atoms with Gasteiger partial charge in [-0.1, -0.05) is 36.4 Å². The molecule has 4 aromatic rings. The lowest BCUT2D eigenvalue weighted by atomic mass is 10.2. The fourth-order valence-corrected chi connectivity index (χ4v) is 2.71. The number of para-hydroxylation sites is 2. The maximum atomic E-state index is 4.48. The predicted octanol–water partition coefficient (Wildman–Crippen LogP) is 3.52. The van der Waals surface area contributed by atoms with E-state index in [0.717, 1.165) is 5.95 Å². The van der Waals surface area contributed by atoms with E-state index in [1.54, 1.807) is 0 Å². The molecule has 3 heteroatoms. The summed E-state index contributed by atoms with van der Waals surface area (Å²) in [7, 11) is 2.02. The summed E-state index contributed by atoms with van der Waals surface area (Å²) < 4.78 is 4.25. The highest BCUT2D eigenvalue weighted by molar-refractivity contribution is 6.08. The van der Waals surface area contributed by atoms with Crippen LogP contribution < -0.4 is 0 Å².